The highest BCUT2D eigenvalue weighted by atomic mass is 16.4. The van der Waals surface area contributed by atoms with E-state index in [0.717, 1.165) is 87.9 Å². The molecule has 5 heteroatoms. The summed E-state index contributed by atoms with van der Waals surface area (Å²) in [6.07, 6.45) is 0. The Kier molecular flexibility index (Phi) is 5.22. The SMILES string of the molecule is c1ccc(-c2nc3c(ccc4oc5cc6c(cc(-c7nc(-c8ccccc8)c8ccccc8n7)c7ccccc76)cc5c43)o2)cc1. The molecule has 0 aliphatic carbocycles. The fraction of sp³-hybridized carbons (Fsp3) is 0. The third-order valence-corrected chi connectivity index (χ3v) is 8.88. The van der Waals surface area contributed by atoms with Crippen molar-refractivity contribution >= 4 is 65.5 Å². The van der Waals surface area contributed by atoms with Gasteiger partial charge in [0.15, 0.2) is 11.4 Å². The summed E-state index contributed by atoms with van der Waals surface area (Å²) in [4.78, 5) is 15.3. The molecular weight excluding hydrogens is 566 g/mol. The number of para-hydroxylation sites is 1. The Morgan fingerprint density at radius 3 is 1.96 bits per heavy atom. The molecule has 0 aliphatic heterocycles. The zero-order valence-electron chi connectivity index (χ0n) is 24.4. The van der Waals surface area contributed by atoms with Crippen LogP contribution in [0.4, 0.5) is 0 Å². The normalized spacial score (nSPS) is 11.9. The minimum atomic E-state index is 0.592. The Balaban J connectivity index is 1.26. The topological polar surface area (TPSA) is 65.0 Å². The lowest BCUT2D eigenvalue weighted by Gasteiger charge is -2.13. The Hall–Kier alpha value is -6.33. The van der Waals surface area contributed by atoms with Gasteiger partial charge in [-0.25, -0.2) is 15.0 Å². The Labute approximate surface area is 262 Å². The van der Waals surface area contributed by atoms with Crippen molar-refractivity contribution in [1.82, 2.24) is 15.0 Å². The van der Waals surface area contributed by atoms with Gasteiger partial charge >= 0.3 is 0 Å². The summed E-state index contributed by atoms with van der Waals surface area (Å²) in [5.74, 6) is 1.29. The molecule has 3 aromatic heterocycles. The number of benzene rings is 7. The van der Waals surface area contributed by atoms with Crippen LogP contribution in [0.5, 0.6) is 0 Å². The van der Waals surface area contributed by atoms with Crippen molar-refractivity contribution in [2.45, 2.75) is 0 Å². The van der Waals surface area contributed by atoms with Gasteiger partial charge in [-0.05, 0) is 70.1 Å². The number of furan rings is 1. The van der Waals surface area contributed by atoms with Crippen molar-refractivity contribution in [2.75, 3.05) is 0 Å². The van der Waals surface area contributed by atoms with Crippen molar-refractivity contribution in [2.24, 2.45) is 0 Å². The third-order valence-electron chi connectivity index (χ3n) is 8.88. The zero-order chi connectivity index (χ0) is 30.2. The second-order valence-electron chi connectivity index (χ2n) is 11.6. The van der Waals surface area contributed by atoms with E-state index in [4.69, 9.17) is 23.8 Å². The van der Waals surface area contributed by atoms with Crippen LogP contribution in [0.3, 0.4) is 0 Å². The number of hydrogen-bond donors (Lipinski definition) is 0. The zero-order valence-corrected chi connectivity index (χ0v) is 24.4. The molecule has 214 valence electrons. The number of nitrogens with zero attached hydrogens (tertiary/aromatic N) is 3. The largest absolute Gasteiger partial charge is 0.456 e. The molecule has 0 aliphatic rings. The molecule has 10 aromatic rings. The molecule has 10 rings (SSSR count). The van der Waals surface area contributed by atoms with Gasteiger partial charge in [-0.15, -0.1) is 0 Å². The predicted octanol–water partition coefficient (Wildman–Crippen LogP) is 11.0. The highest BCUT2D eigenvalue weighted by molar-refractivity contribution is 6.22. The number of fused-ring (bicyclic) bond motifs is 9. The van der Waals surface area contributed by atoms with Crippen molar-refractivity contribution in [3.63, 3.8) is 0 Å². The summed E-state index contributed by atoms with van der Waals surface area (Å²) in [7, 11) is 0. The van der Waals surface area contributed by atoms with Crippen molar-refractivity contribution < 1.29 is 8.83 Å². The van der Waals surface area contributed by atoms with Gasteiger partial charge < -0.3 is 8.83 Å². The summed E-state index contributed by atoms with van der Waals surface area (Å²) >= 11 is 0. The lowest BCUT2D eigenvalue weighted by Crippen LogP contribution is -1.96. The smallest absolute Gasteiger partial charge is 0.227 e. The maximum absolute atomic E-state index is 6.45. The average molecular weight is 590 g/mol. The quantitative estimate of drug-likeness (QED) is 0.192. The lowest BCUT2D eigenvalue weighted by molar-refractivity contribution is 0.619. The molecule has 0 N–H and O–H groups in total. The summed E-state index contributed by atoms with van der Waals surface area (Å²) in [5, 5.41) is 7.36. The van der Waals surface area contributed by atoms with Crippen LogP contribution < -0.4 is 0 Å². The second kappa shape index (κ2) is 9.58. The third kappa shape index (κ3) is 3.72. The number of oxazole rings is 1. The van der Waals surface area contributed by atoms with E-state index < -0.39 is 0 Å². The second-order valence-corrected chi connectivity index (χ2v) is 11.6. The number of rotatable bonds is 3. The van der Waals surface area contributed by atoms with Crippen molar-refractivity contribution in [1.29, 1.82) is 0 Å². The van der Waals surface area contributed by atoms with Crippen LogP contribution in [0.2, 0.25) is 0 Å². The van der Waals surface area contributed by atoms with E-state index in [-0.39, 0.29) is 0 Å². The Morgan fingerprint density at radius 1 is 0.435 bits per heavy atom. The van der Waals surface area contributed by atoms with E-state index in [2.05, 4.69) is 66.7 Å². The first-order valence-corrected chi connectivity index (χ1v) is 15.3. The van der Waals surface area contributed by atoms with Gasteiger partial charge in [0.25, 0.3) is 0 Å². The summed E-state index contributed by atoms with van der Waals surface area (Å²) in [6.45, 7) is 0. The Morgan fingerprint density at radius 2 is 1.13 bits per heavy atom. The molecule has 0 fully saturated rings. The van der Waals surface area contributed by atoms with E-state index in [1.54, 1.807) is 0 Å². The molecule has 0 spiro atoms. The minimum absolute atomic E-state index is 0.592. The predicted molar refractivity (Wildman–Crippen MR) is 186 cm³/mol. The lowest BCUT2D eigenvalue weighted by atomic mass is 9.95. The maximum atomic E-state index is 6.45. The summed E-state index contributed by atoms with van der Waals surface area (Å²) < 4.78 is 12.7. The summed E-state index contributed by atoms with van der Waals surface area (Å²) in [6, 6.07) is 47.5. The molecule has 7 aromatic carbocycles. The van der Waals surface area contributed by atoms with Gasteiger partial charge in [0.1, 0.15) is 16.7 Å². The first-order valence-electron chi connectivity index (χ1n) is 15.3. The monoisotopic (exact) mass is 589 g/mol. The fourth-order valence-electron chi connectivity index (χ4n) is 6.76. The van der Waals surface area contributed by atoms with Gasteiger partial charge in [0.05, 0.1) is 16.6 Å². The van der Waals surface area contributed by atoms with Crippen molar-refractivity contribution in [3.8, 4) is 34.1 Å². The van der Waals surface area contributed by atoms with E-state index in [9.17, 15) is 0 Å². The molecule has 0 unspecified atom stereocenters. The minimum Gasteiger partial charge on any atom is -0.456 e. The van der Waals surface area contributed by atoms with E-state index in [1.807, 2.05) is 72.8 Å². The van der Waals surface area contributed by atoms with Crippen LogP contribution in [0.25, 0.3) is 99.6 Å². The van der Waals surface area contributed by atoms with E-state index >= 15 is 0 Å². The van der Waals surface area contributed by atoms with Crippen molar-refractivity contribution in [3.05, 3.63) is 140 Å². The summed E-state index contributed by atoms with van der Waals surface area (Å²) in [5.41, 5.74) is 7.92. The van der Waals surface area contributed by atoms with Gasteiger partial charge in [0, 0.05) is 27.5 Å². The van der Waals surface area contributed by atoms with Crippen LogP contribution in [-0.4, -0.2) is 15.0 Å². The number of aromatic nitrogens is 3. The fourth-order valence-corrected chi connectivity index (χ4v) is 6.76. The highest BCUT2D eigenvalue weighted by Gasteiger charge is 2.19. The number of hydrogen-bond acceptors (Lipinski definition) is 5. The first-order chi connectivity index (χ1) is 22.8. The highest BCUT2D eigenvalue weighted by Crippen LogP contribution is 2.41. The standard InChI is InChI=1S/C41H23N3O2/c1-3-11-24(12-4-1)38-29-17-9-10-18-33(29)42-40(43-38)31-21-26-22-32-36(23-30(26)27-15-7-8-16-28(27)31)45-34-19-20-35-39(37(32)34)44-41(46-35)25-13-5-2-6-14-25/h1-23H. The molecule has 0 bridgehead atoms. The molecule has 0 radical (unpaired) electrons. The van der Waals surface area contributed by atoms with Gasteiger partial charge in [0.2, 0.25) is 5.89 Å². The molecule has 0 atom stereocenters. The van der Waals surface area contributed by atoms with Crippen LogP contribution >= 0.6 is 0 Å². The molecule has 0 saturated heterocycles. The Bertz CT molecular complexity index is 2800. The molecule has 3 heterocycles. The van der Waals surface area contributed by atoms with Crippen LogP contribution in [0.1, 0.15) is 0 Å². The van der Waals surface area contributed by atoms with Gasteiger partial charge in [-0.2, -0.15) is 0 Å². The van der Waals surface area contributed by atoms with Crippen LogP contribution in [0.15, 0.2) is 148 Å². The van der Waals surface area contributed by atoms with E-state index in [0.29, 0.717) is 11.7 Å². The molecule has 46 heavy (non-hydrogen) atoms. The molecule has 5 nitrogen and oxygen atoms in total. The maximum Gasteiger partial charge on any atom is 0.227 e. The average Bonchev–Trinajstić information content (AvgIpc) is 3.72. The van der Waals surface area contributed by atoms with Crippen LogP contribution in [0, 0.1) is 0 Å². The van der Waals surface area contributed by atoms with Crippen LogP contribution in [-0.2, 0) is 0 Å². The van der Waals surface area contributed by atoms with Gasteiger partial charge in [-0.1, -0.05) is 91.0 Å². The van der Waals surface area contributed by atoms with Gasteiger partial charge in [-0.3, -0.25) is 0 Å². The molecule has 0 amide bonds. The molecule has 0 saturated carbocycles. The van der Waals surface area contributed by atoms with E-state index in [1.165, 1.54) is 0 Å². The first kappa shape index (κ1) is 25.0. The molecular formula is C41H23N3O2.